The van der Waals surface area contributed by atoms with Crippen LogP contribution in [0.2, 0.25) is 0 Å². The summed E-state index contributed by atoms with van der Waals surface area (Å²) in [7, 11) is 1.50. The largest absolute Gasteiger partial charge is 0.493 e. The van der Waals surface area contributed by atoms with Gasteiger partial charge in [-0.25, -0.2) is 0 Å². The predicted octanol–water partition coefficient (Wildman–Crippen LogP) is 6.22. The van der Waals surface area contributed by atoms with Gasteiger partial charge in [0.25, 0.3) is 5.91 Å². The SMILES string of the molecule is COc1cc(/C=C(/C#N)C(=O)Nc2cccc(Br)c2)cc(Br)c1OCc1ccccc1C#N. The lowest BCUT2D eigenvalue weighted by Crippen LogP contribution is -2.13. The Bertz CT molecular complexity index is 1310. The number of halogens is 2. The molecule has 0 aliphatic carbocycles. The first-order chi connectivity index (χ1) is 15.9. The molecule has 0 aliphatic heterocycles. The van der Waals surface area contributed by atoms with Crippen molar-refractivity contribution in [2.45, 2.75) is 6.61 Å². The highest BCUT2D eigenvalue weighted by Gasteiger charge is 2.15. The minimum atomic E-state index is -0.529. The number of benzene rings is 3. The van der Waals surface area contributed by atoms with Gasteiger partial charge in [0.05, 0.1) is 23.2 Å². The van der Waals surface area contributed by atoms with Crippen molar-refractivity contribution in [2.75, 3.05) is 12.4 Å². The lowest BCUT2D eigenvalue weighted by atomic mass is 10.1. The minimum Gasteiger partial charge on any atom is -0.493 e. The second-order valence-corrected chi connectivity index (χ2v) is 8.50. The maximum atomic E-state index is 12.6. The van der Waals surface area contributed by atoms with Crippen LogP contribution in [0.4, 0.5) is 5.69 Å². The van der Waals surface area contributed by atoms with E-state index in [1.807, 2.05) is 24.3 Å². The van der Waals surface area contributed by atoms with Crippen molar-refractivity contribution in [3.8, 4) is 23.6 Å². The molecule has 8 heteroatoms. The van der Waals surface area contributed by atoms with Crippen LogP contribution < -0.4 is 14.8 Å². The van der Waals surface area contributed by atoms with Crippen molar-refractivity contribution in [3.63, 3.8) is 0 Å². The summed E-state index contributed by atoms with van der Waals surface area (Å²) in [5.74, 6) is 0.327. The van der Waals surface area contributed by atoms with E-state index in [-0.39, 0.29) is 12.2 Å². The summed E-state index contributed by atoms with van der Waals surface area (Å²) in [6.45, 7) is 0.173. The van der Waals surface area contributed by atoms with Crippen LogP contribution in [-0.4, -0.2) is 13.0 Å². The minimum absolute atomic E-state index is 0.0689. The van der Waals surface area contributed by atoms with E-state index in [1.54, 1.807) is 42.5 Å². The molecule has 0 atom stereocenters. The Morgan fingerprint density at radius 1 is 1.09 bits per heavy atom. The molecule has 1 N–H and O–H groups in total. The Morgan fingerprint density at radius 2 is 1.88 bits per heavy atom. The highest BCUT2D eigenvalue weighted by atomic mass is 79.9. The molecule has 0 aliphatic rings. The number of amides is 1. The van der Waals surface area contributed by atoms with Crippen LogP contribution in [0.25, 0.3) is 6.08 Å². The number of nitriles is 2. The fraction of sp³-hybridized carbons (Fsp3) is 0.0800. The molecule has 0 saturated heterocycles. The summed E-state index contributed by atoms with van der Waals surface area (Å²) in [5, 5.41) is 21.5. The molecule has 0 spiro atoms. The van der Waals surface area contributed by atoms with E-state index in [0.29, 0.717) is 32.8 Å². The van der Waals surface area contributed by atoms with E-state index in [4.69, 9.17) is 9.47 Å². The smallest absolute Gasteiger partial charge is 0.266 e. The summed E-state index contributed by atoms with van der Waals surface area (Å²) < 4.78 is 12.8. The van der Waals surface area contributed by atoms with Gasteiger partial charge in [-0.15, -0.1) is 0 Å². The van der Waals surface area contributed by atoms with Gasteiger partial charge >= 0.3 is 0 Å². The summed E-state index contributed by atoms with van der Waals surface area (Å²) in [6.07, 6.45) is 1.47. The van der Waals surface area contributed by atoms with E-state index in [0.717, 1.165) is 10.0 Å². The van der Waals surface area contributed by atoms with Gasteiger partial charge in [0.15, 0.2) is 11.5 Å². The van der Waals surface area contributed by atoms with Gasteiger partial charge in [-0.3, -0.25) is 4.79 Å². The molecule has 0 aromatic heterocycles. The number of anilines is 1. The second kappa shape index (κ2) is 11.3. The third kappa shape index (κ3) is 6.23. The van der Waals surface area contributed by atoms with Crippen LogP contribution in [0.3, 0.4) is 0 Å². The lowest BCUT2D eigenvalue weighted by molar-refractivity contribution is -0.112. The molecule has 6 nitrogen and oxygen atoms in total. The van der Waals surface area contributed by atoms with E-state index in [1.165, 1.54) is 13.2 Å². The molecule has 0 unspecified atom stereocenters. The molecule has 3 aromatic rings. The summed E-state index contributed by atoms with van der Waals surface area (Å²) >= 11 is 6.82. The normalized spacial score (nSPS) is 10.6. The standard InChI is InChI=1S/C25H17Br2N3O3/c1-32-23-11-16(9-19(14-29)25(31)30-21-8-4-7-20(26)12-21)10-22(27)24(23)33-15-18-6-3-2-5-17(18)13-28/h2-12H,15H2,1H3,(H,30,31)/b19-9-. The number of hydrogen-bond acceptors (Lipinski definition) is 5. The molecule has 0 bridgehead atoms. The van der Waals surface area contributed by atoms with Gasteiger partial charge in [0, 0.05) is 15.7 Å². The quantitative estimate of drug-likeness (QED) is 0.271. The van der Waals surface area contributed by atoms with Crippen LogP contribution in [0.5, 0.6) is 11.5 Å². The average Bonchev–Trinajstić information content (AvgIpc) is 2.81. The number of rotatable bonds is 7. The van der Waals surface area contributed by atoms with Gasteiger partial charge < -0.3 is 14.8 Å². The monoisotopic (exact) mass is 565 g/mol. The van der Waals surface area contributed by atoms with Gasteiger partial charge in [0.1, 0.15) is 18.2 Å². The summed E-state index contributed by atoms with van der Waals surface area (Å²) in [5.41, 5.74) is 2.34. The first kappa shape index (κ1) is 24.1. The zero-order chi connectivity index (χ0) is 23.8. The van der Waals surface area contributed by atoms with Crippen LogP contribution >= 0.6 is 31.9 Å². The van der Waals surface area contributed by atoms with Gasteiger partial charge in [0.2, 0.25) is 0 Å². The fourth-order valence-corrected chi connectivity index (χ4v) is 3.92. The van der Waals surface area contributed by atoms with Gasteiger partial charge in [-0.1, -0.05) is 40.2 Å². The van der Waals surface area contributed by atoms with Crippen molar-refractivity contribution in [1.82, 2.24) is 0 Å². The van der Waals surface area contributed by atoms with Crippen molar-refractivity contribution in [1.29, 1.82) is 10.5 Å². The first-order valence-corrected chi connectivity index (χ1v) is 11.2. The van der Waals surface area contributed by atoms with Crippen molar-refractivity contribution >= 4 is 49.5 Å². The van der Waals surface area contributed by atoms with Gasteiger partial charge in [-0.05, 0) is 64.0 Å². The maximum Gasteiger partial charge on any atom is 0.266 e. The zero-order valence-electron chi connectivity index (χ0n) is 17.4. The topological polar surface area (TPSA) is 95.1 Å². The Morgan fingerprint density at radius 3 is 2.58 bits per heavy atom. The lowest BCUT2D eigenvalue weighted by Gasteiger charge is -2.14. The average molecular weight is 567 g/mol. The number of methoxy groups -OCH3 is 1. The van der Waals surface area contributed by atoms with Crippen LogP contribution in [0, 0.1) is 22.7 Å². The number of nitrogens with zero attached hydrogens (tertiary/aromatic N) is 2. The zero-order valence-corrected chi connectivity index (χ0v) is 20.6. The number of nitrogens with one attached hydrogen (secondary N) is 1. The number of carbonyl (C=O) groups is 1. The highest BCUT2D eigenvalue weighted by Crippen LogP contribution is 2.38. The molecule has 0 heterocycles. The first-order valence-electron chi connectivity index (χ1n) is 9.62. The predicted molar refractivity (Wildman–Crippen MR) is 133 cm³/mol. The fourth-order valence-electron chi connectivity index (χ4n) is 2.95. The Hall–Kier alpha value is -3.59. The van der Waals surface area contributed by atoms with Crippen molar-refractivity contribution in [3.05, 3.63) is 91.9 Å². The van der Waals surface area contributed by atoms with Crippen LogP contribution in [0.1, 0.15) is 16.7 Å². The van der Waals surface area contributed by atoms with E-state index < -0.39 is 5.91 Å². The molecule has 0 saturated carbocycles. The molecule has 33 heavy (non-hydrogen) atoms. The molecular formula is C25H17Br2N3O3. The molecule has 164 valence electrons. The highest BCUT2D eigenvalue weighted by molar-refractivity contribution is 9.10. The van der Waals surface area contributed by atoms with Crippen LogP contribution in [-0.2, 0) is 11.4 Å². The number of carbonyl (C=O) groups excluding carboxylic acids is 1. The Balaban J connectivity index is 1.84. The maximum absolute atomic E-state index is 12.6. The molecule has 1 amide bonds. The van der Waals surface area contributed by atoms with Gasteiger partial charge in [-0.2, -0.15) is 10.5 Å². The Kier molecular flexibility index (Phi) is 8.26. The molecule has 3 aromatic carbocycles. The summed E-state index contributed by atoms with van der Waals surface area (Å²) in [6, 6.07) is 21.7. The second-order valence-electron chi connectivity index (χ2n) is 6.73. The number of hydrogen-bond donors (Lipinski definition) is 1. The van der Waals surface area contributed by atoms with Crippen molar-refractivity contribution < 1.29 is 14.3 Å². The molecule has 0 fully saturated rings. The van der Waals surface area contributed by atoms with Crippen LogP contribution in [0.15, 0.2) is 75.2 Å². The molecule has 3 rings (SSSR count). The molecular weight excluding hydrogens is 550 g/mol. The third-order valence-electron chi connectivity index (χ3n) is 4.52. The van der Waals surface area contributed by atoms with Crippen molar-refractivity contribution in [2.24, 2.45) is 0 Å². The number of ether oxygens (including phenoxy) is 2. The van der Waals surface area contributed by atoms with E-state index in [9.17, 15) is 15.3 Å². The van der Waals surface area contributed by atoms with E-state index in [2.05, 4.69) is 43.2 Å². The third-order valence-corrected chi connectivity index (χ3v) is 5.60. The Labute approximate surface area is 208 Å². The molecule has 0 radical (unpaired) electrons. The van der Waals surface area contributed by atoms with E-state index >= 15 is 0 Å². The summed E-state index contributed by atoms with van der Waals surface area (Å²) in [4.78, 5) is 12.6.